The number of carbonyl (C=O) groups is 1. The average Bonchev–Trinajstić information content (AvgIpc) is 2.55. The van der Waals surface area contributed by atoms with Crippen LogP contribution in [0, 0.1) is 0 Å². The monoisotopic (exact) mass is 369 g/mol. The fourth-order valence-electron chi connectivity index (χ4n) is 1.86. The highest BCUT2D eigenvalue weighted by Crippen LogP contribution is 2.22. The topological polar surface area (TPSA) is 92.7 Å². The summed E-state index contributed by atoms with van der Waals surface area (Å²) in [5, 5.41) is 11.8. The molecule has 0 heterocycles. The lowest BCUT2D eigenvalue weighted by atomic mass is 10.3. The van der Waals surface area contributed by atoms with Crippen LogP contribution in [0.25, 0.3) is 0 Å². The Labute approximate surface area is 145 Å². The van der Waals surface area contributed by atoms with Crippen molar-refractivity contribution in [1.29, 1.82) is 0 Å². The van der Waals surface area contributed by atoms with E-state index in [9.17, 15) is 18.3 Å². The Hall–Kier alpha value is -2.25. The summed E-state index contributed by atoms with van der Waals surface area (Å²) in [5.74, 6) is 0.206. The third-order valence-electron chi connectivity index (χ3n) is 2.99. The molecule has 0 atom stereocenters. The zero-order valence-electron chi connectivity index (χ0n) is 12.6. The van der Waals surface area contributed by atoms with Gasteiger partial charge >= 0.3 is 10.1 Å². The van der Waals surface area contributed by atoms with Gasteiger partial charge in [-0.25, -0.2) is 0 Å². The molecule has 0 aliphatic heterocycles. The summed E-state index contributed by atoms with van der Waals surface area (Å²) in [6.45, 7) is 0. The van der Waals surface area contributed by atoms with Crippen molar-refractivity contribution in [2.45, 2.75) is 17.7 Å². The molecular formula is C16H16ClNO5S. The molecule has 0 unspecified atom stereocenters. The van der Waals surface area contributed by atoms with Crippen LogP contribution in [0.1, 0.15) is 12.8 Å². The van der Waals surface area contributed by atoms with Crippen LogP contribution in [0.5, 0.6) is 11.5 Å². The quantitative estimate of drug-likeness (QED) is 0.577. The minimum atomic E-state index is -4.06. The largest absolute Gasteiger partial charge is 0.508 e. The number of amides is 1. The lowest BCUT2D eigenvalue weighted by Crippen LogP contribution is -2.13. The fourth-order valence-corrected chi connectivity index (χ4v) is 2.97. The van der Waals surface area contributed by atoms with Crippen molar-refractivity contribution < 1.29 is 22.5 Å². The normalized spacial score (nSPS) is 11.0. The van der Waals surface area contributed by atoms with Crippen molar-refractivity contribution in [2.75, 3.05) is 11.2 Å². The number of phenols is 1. The van der Waals surface area contributed by atoms with Gasteiger partial charge in [-0.05, 0) is 48.9 Å². The van der Waals surface area contributed by atoms with Crippen LogP contribution in [0.3, 0.4) is 0 Å². The Balaban J connectivity index is 2.14. The lowest BCUT2D eigenvalue weighted by molar-refractivity contribution is -0.116. The van der Waals surface area contributed by atoms with E-state index >= 15 is 0 Å². The van der Waals surface area contributed by atoms with Gasteiger partial charge in [0.2, 0.25) is 5.91 Å². The first-order chi connectivity index (χ1) is 11.4. The van der Waals surface area contributed by atoms with Crippen molar-refractivity contribution in [1.82, 2.24) is 0 Å². The summed E-state index contributed by atoms with van der Waals surface area (Å²) in [7, 11) is -4.06. The van der Waals surface area contributed by atoms with E-state index in [0.717, 1.165) is 0 Å². The van der Waals surface area contributed by atoms with E-state index in [1.165, 1.54) is 42.5 Å². The number of carbonyl (C=O) groups excluding carboxylic acids is 1. The molecule has 0 aromatic heterocycles. The van der Waals surface area contributed by atoms with Crippen LogP contribution in [0.15, 0.2) is 53.4 Å². The molecule has 0 spiro atoms. The molecule has 0 fully saturated rings. The summed E-state index contributed by atoms with van der Waals surface area (Å²) < 4.78 is 29.6. The lowest BCUT2D eigenvalue weighted by Gasteiger charge is -2.09. The number of benzene rings is 2. The first-order valence-electron chi connectivity index (χ1n) is 7.10. The predicted molar refractivity (Wildman–Crippen MR) is 90.9 cm³/mol. The van der Waals surface area contributed by atoms with Crippen LogP contribution in [-0.4, -0.2) is 25.3 Å². The number of aromatic hydroxyl groups is 1. The van der Waals surface area contributed by atoms with Crippen LogP contribution in [-0.2, 0) is 14.9 Å². The highest BCUT2D eigenvalue weighted by atomic mass is 35.5. The van der Waals surface area contributed by atoms with Gasteiger partial charge in [0.05, 0.1) is 0 Å². The van der Waals surface area contributed by atoms with Crippen molar-refractivity contribution in [3.8, 4) is 11.5 Å². The molecule has 0 radical (unpaired) electrons. The van der Waals surface area contributed by atoms with E-state index in [0.29, 0.717) is 18.0 Å². The molecule has 8 heteroatoms. The molecule has 24 heavy (non-hydrogen) atoms. The van der Waals surface area contributed by atoms with E-state index in [-0.39, 0.29) is 28.7 Å². The highest BCUT2D eigenvalue weighted by Gasteiger charge is 2.17. The summed E-state index contributed by atoms with van der Waals surface area (Å²) in [6, 6.07) is 11.1. The van der Waals surface area contributed by atoms with E-state index in [4.69, 9.17) is 15.8 Å². The van der Waals surface area contributed by atoms with Gasteiger partial charge in [0.25, 0.3) is 0 Å². The Kier molecular flexibility index (Phi) is 6.05. The maximum Gasteiger partial charge on any atom is 0.339 e. The number of alkyl halides is 1. The molecule has 128 valence electrons. The number of halogens is 1. The predicted octanol–water partition coefficient (Wildman–Crippen LogP) is 3.12. The second-order valence-corrected chi connectivity index (χ2v) is 6.82. The average molecular weight is 370 g/mol. The third kappa shape index (κ3) is 5.14. The molecular weight excluding hydrogens is 354 g/mol. The third-order valence-corrected chi connectivity index (χ3v) is 4.50. The van der Waals surface area contributed by atoms with E-state index in [1.54, 1.807) is 6.07 Å². The van der Waals surface area contributed by atoms with Crippen molar-refractivity contribution >= 4 is 33.3 Å². The van der Waals surface area contributed by atoms with E-state index in [1.807, 2.05) is 0 Å². The molecule has 2 aromatic rings. The molecule has 0 bridgehead atoms. The van der Waals surface area contributed by atoms with Gasteiger partial charge in [0.15, 0.2) is 0 Å². The smallest absolute Gasteiger partial charge is 0.339 e. The number of hydrogen-bond donors (Lipinski definition) is 2. The van der Waals surface area contributed by atoms with Gasteiger partial charge in [0.1, 0.15) is 16.4 Å². The summed E-state index contributed by atoms with van der Waals surface area (Å²) >= 11 is 5.53. The summed E-state index contributed by atoms with van der Waals surface area (Å²) in [5.41, 5.74) is 0.352. The number of hydrogen-bond acceptors (Lipinski definition) is 5. The zero-order valence-corrected chi connectivity index (χ0v) is 14.2. The van der Waals surface area contributed by atoms with Crippen LogP contribution >= 0.6 is 11.6 Å². The summed E-state index contributed by atoms with van der Waals surface area (Å²) in [6.07, 6.45) is 0.791. The molecule has 0 aliphatic rings. The zero-order chi connectivity index (χ0) is 17.6. The van der Waals surface area contributed by atoms with Gasteiger partial charge in [-0.15, -0.1) is 11.6 Å². The molecule has 0 aliphatic carbocycles. The van der Waals surface area contributed by atoms with E-state index in [2.05, 4.69) is 5.32 Å². The molecule has 1 amide bonds. The Morgan fingerprint density at radius 3 is 2.54 bits per heavy atom. The minimum absolute atomic E-state index is 0.00130. The fraction of sp³-hybridized carbons (Fsp3) is 0.188. The highest BCUT2D eigenvalue weighted by molar-refractivity contribution is 7.87. The number of rotatable bonds is 7. The molecule has 0 saturated heterocycles. The number of anilines is 1. The molecule has 2 rings (SSSR count). The first kappa shape index (κ1) is 18.1. The Bertz CT molecular complexity index is 805. The first-order valence-corrected chi connectivity index (χ1v) is 9.04. The van der Waals surface area contributed by atoms with Crippen molar-refractivity contribution in [2.24, 2.45) is 0 Å². The second-order valence-electron chi connectivity index (χ2n) is 4.90. The molecule has 2 aromatic carbocycles. The Morgan fingerprint density at radius 1 is 1.17 bits per heavy atom. The SMILES string of the molecule is O=C(CCCCl)Nc1cccc(S(=O)(=O)Oc2ccc(O)cc2)c1. The van der Waals surface area contributed by atoms with Gasteiger partial charge < -0.3 is 14.6 Å². The van der Waals surface area contributed by atoms with Crippen LogP contribution in [0.4, 0.5) is 5.69 Å². The number of nitrogens with one attached hydrogen (secondary N) is 1. The Morgan fingerprint density at radius 2 is 1.88 bits per heavy atom. The van der Waals surface area contributed by atoms with Crippen LogP contribution < -0.4 is 9.50 Å². The van der Waals surface area contributed by atoms with Crippen LogP contribution in [0.2, 0.25) is 0 Å². The minimum Gasteiger partial charge on any atom is -0.508 e. The van der Waals surface area contributed by atoms with Gasteiger partial charge in [0, 0.05) is 18.0 Å². The van der Waals surface area contributed by atoms with Crippen molar-refractivity contribution in [3.05, 3.63) is 48.5 Å². The number of phenolic OH excluding ortho intramolecular Hbond substituents is 1. The van der Waals surface area contributed by atoms with Gasteiger partial charge in [-0.2, -0.15) is 8.42 Å². The standard InChI is InChI=1S/C16H16ClNO5S/c17-10-2-5-16(20)18-12-3-1-4-15(11-12)24(21,22)23-14-8-6-13(19)7-9-14/h1,3-4,6-9,11,19H,2,5,10H2,(H,18,20). The maximum atomic E-state index is 12.3. The maximum absolute atomic E-state index is 12.3. The molecule has 2 N–H and O–H groups in total. The van der Waals surface area contributed by atoms with Gasteiger partial charge in [-0.3, -0.25) is 4.79 Å². The second kappa shape index (κ2) is 8.03. The summed E-state index contributed by atoms with van der Waals surface area (Å²) in [4.78, 5) is 11.6. The van der Waals surface area contributed by atoms with E-state index < -0.39 is 10.1 Å². The van der Waals surface area contributed by atoms with Crippen molar-refractivity contribution in [3.63, 3.8) is 0 Å². The molecule has 0 saturated carbocycles. The van der Waals surface area contributed by atoms with Gasteiger partial charge in [-0.1, -0.05) is 6.07 Å². The molecule has 6 nitrogen and oxygen atoms in total.